The lowest BCUT2D eigenvalue weighted by molar-refractivity contribution is -0.128. The van der Waals surface area contributed by atoms with Gasteiger partial charge in [-0.25, -0.2) is 0 Å². The molecular formula is C10H22N2O2. The third kappa shape index (κ3) is 6.86. The molecule has 14 heavy (non-hydrogen) atoms. The maximum Gasteiger partial charge on any atom is 0.222 e. The first kappa shape index (κ1) is 13.4. The highest BCUT2D eigenvalue weighted by atomic mass is 16.5. The fourth-order valence-electron chi connectivity index (χ4n) is 1.12. The molecule has 1 amide bonds. The molecule has 0 aromatic heterocycles. The average molecular weight is 202 g/mol. The molecule has 0 aromatic carbocycles. The number of nitrogens with one attached hydrogen (secondary N) is 1. The van der Waals surface area contributed by atoms with E-state index in [4.69, 9.17) is 4.74 Å². The van der Waals surface area contributed by atoms with Crippen LogP contribution < -0.4 is 5.32 Å². The van der Waals surface area contributed by atoms with Gasteiger partial charge in [-0.2, -0.15) is 0 Å². The van der Waals surface area contributed by atoms with Gasteiger partial charge in [-0.1, -0.05) is 0 Å². The van der Waals surface area contributed by atoms with Crippen LogP contribution in [0.25, 0.3) is 0 Å². The van der Waals surface area contributed by atoms with Gasteiger partial charge in [-0.3, -0.25) is 4.79 Å². The van der Waals surface area contributed by atoms with E-state index in [1.165, 1.54) is 0 Å². The Labute approximate surface area is 86.6 Å². The molecule has 0 aromatic rings. The number of carbonyl (C=O) groups is 1. The zero-order valence-electron chi connectivity index (χ0n) is 9.67. The number of methoxy groups -OCH3 is 1. The Kier molecular flexibility index (Phi) is 7.42. The van der Waals surface area contributed by atoms with Gasteiger partial charge >= 0.3 is 0 Å². The van der Waals surface area contributed by atoms with Crippen molar-refractivity contribution < 1.29 is 9.53 Å². The van der Waals surface area contributed by atoms with Crippen molar-refractivity contribution in [2.75, 3.05) is 34.4 Å². The quantitative estimate of drug-likeness (QED) is 0.611. The van der Waals surface area contributed by atoms with Gasteiger partial charge in [0, 0.05) is 33.7 Å². The number of nitrogens with zero attached hydrogens (tertiary/aromatic N) is 1. The zero-order valence-corrected chi connectivity index (χ0v) is 9.67. The molecule has 0 saturated heterocycles. The second kappa shape index (κ2) is 7.76. The van der Waals surface area contributed by atoms with Crippen LogP contribution in [0.1, 0.15) is 19.8 Å². The number of amides is 1. The van der Waals surface area contributed by atoms with Crippen LogP contribution in [-0.2, 0) is 9.53 Å². The Morgan fingerprint density at radius 1 is 1.50 bits per heavy atom. The van der Waals surface area contributed by atoms with Crippen LogP contribution in [0.5, 0.6) is 0 Å². The monoisotopic (exact) mass is 202 g/mol. The lowest BCUT2D eigenvalue weighted by Gasteiger charge is -2.13. The third-order valence-electron chi connectivity index (χ3n) is 1.98. The SMILES string of the molecule is COCC(C)NCCCC(=O)N(C)C. The van der Waals surface area contributed by atoms with Gasteiger partial charge in [0.15, 0.2) is 0 Å². The van der Waals surface area contributed by atoms with E-state index in [2.05, 4.69) is 12.2 Å². The van der Waals surface area contributed by atoms with E-state index in [0.717, 1.165) is 13.0 Å². The van der Waals surface area contributed by atoms with Gasteiger partial charge in [0.25, 0.3) is 0 Å². The smallest absolute Gasteiger partial charge is 0.222 e. The third-order valence-corrected chi connectivity index (χ3v) is 1.98. The summed E-state index contributed by atoms with van der Waals surface area (Å²) in [6, 6.07) is 0.356. The van der Waals surface area contributed by atoms with Crippen LogP contribution in [0.4, 0.5) is 0 Å². The molecule has 0 fully saturated rings. The summed E-state index contributed by atoms with van der Waals surface area (Å²) in [6.45, 7) is 3.64. The summed E-state index contributed by atoms with van der Waals surface area (Å²) < 4.78 is 4.98. The maximum absolute atomic E-state index is 11.2. The first-order valence-electron chi connectivity index (χ1n) is 5.00. The summed E-state index contributed by atoms with van der Waals surface area (Å²) in [5, 5.41) is 3.28. The first-order valence-corrected chi connectivity index (χ1v) is 5.00. The Morgan fingerprint density at radius 3 is 2.64 bits per heavy atom. The van der Waals surface area contributed by atoms with Crippen molar-refractivity contribution in [1.82, 2.24) is 10.2 Å². The van der Waals surface area contributed by atoms with E-state index in [0.29, 0.717) is 19.1 Å². The zero-order chi connectivity index (χ0) is 11.0. The van der Waals surface area contributed by atoms with Crippen LogP contribution >= 0.6 is 0 Å². The van der Waals surface area contributed by atoms with E-state index in [9.17, 15) is 4.79 Å². The van der Waals surface area contributed by atoms with Crippen LogP contribution in [0.2, 0.25) is 0 Å². The molecular weight excluding hydrogens is 180 g/mol. The normalized spacial score (nSPS) is 12.6. The molecule has 84 valence electrons. The highest BCUT2D eigenvalue weighted by Gasteiger charge is 2.04. The molecule has 0 heterocycles. The summed E-state index contributed by atoms with van der Waals surface area (Å²) in [4.78, 5) is 12.8. The summed E-state index contributed by atoms with van der Waals surface area (Å²) in [6.07, 6.45) is 1.49. The lowest BCUT2D eigenvalue weighted by Crippen LogP contribution is -2.31. The van der Waals surface area contributed by atoms with Crippen molar-refractivity contribution >= 4 is 5.91 Å². The average Bonchev–Trinajstić information content (AvgIpc) is 2.12. The largest absolute Gasteiger partial charge is 0.383 e. The van der Waals surface area contributed by atoms with Crippen LogP contribution in [0.15, 0.2) is 0 Å². The van der Waals surface area contributed by atoms with Gasteiger partial charge in [0.1, 0.15) is 0 Å². The molecule has 0 aliphatic carbocycles. The maximum atomic E-state index is 11.2. The Balaban J connectivity index is 3.33. The van der Waals surface area contributed by atoms with E-state index in [1.54, 1.807) is 26.1 Å². The minimum atomic E-state index is 0.186. The minimum Gasteiger partial charge on any atom is -0.383 e. The van der Waals surface area contributed by atoms with E-state index in [-0.39, 0.29) is 5.91 Å². The van der Waals surface area contributed by atoms with Gasteiger partial charge in [-0.15, -0.1) is 0 Å². The Morgan fingerprint density at radius 2 is 2.14 bits per heavy atom. The first-order chi connectivity index (χ1) is 6.57. The molecule has 0 aliphatic rings. The van der Waals surface area contributed by atoms with E-state index >= 15 is 0 Å². The molecule has 4 nitrogen and oxygen atoms in total. The Hall–Kier alpha value is -0.610. The number of hydrogen-bond acceptors (Lipinski definition) is 3. The highest BCUT2D eigenvalue weighted by molar-refractivity contribution is 5.75. The standard InChI is InChI=1S/C10H22N2O2/c1-9(8-14-4)11-7-5-6-10(13)12(2)3/h9,11H,5-8H2,1-4H3. The Bertz CT molecular complexity index is 160. The predicted molar refractivity (Wildman–Crippen MR) is 57.3 cm³/mol. The van der Waals surface area contributed by atoms with Crippen molar-refractivity contribution in [3.63, 3.8) is 0 Å². The fourth-order valence-corrected chi connectivity index (χ4v) is 1.12. The minimum absolute atomic E-state index is 0.186. The van der Waals surface area contributed by atoms with Crippen molar-refractivity contribution in [3.05, 3.63) is 0 Å². The second-order valence-electron chi connectivity index (χ2n) is 3.70. The van der Waals surface area contributed by atoms with Gasteiger partial charge in [0.2, 0.25) is 5.91 Å². The molecule has 1 N–H and O–H groups in total. The lowest BCUT2D eigenvalue weighted by atomic mass is 10.2. The molecule has 0 aliphatic heterocycles. The second-order valence-corrected chi connectivity index (χ2v) is 3.70. The number of carbonyl (C=O) groups excluding carboxylic acids is 1. The predicted octanol–water partition coefficient (Wildman–Crippen LogP) is 0.479. The number of hydrogen-bond donors (Lipinski definition) is 1. The molecule has 0 bridgehead atoms. The van der Waals surface area contributed by atoms with Gasteiger partial charge in [0.05, 0.1) is 6.61 Å². The van der Waals surface area contributed by atoms with E-state index in [1.807, 2.05) is 0 Å². The van der Waals surface area contributed by atoms with Crippen LogP contribution in [-0.4, -0.2) is 51.2 Å². The van der Waals surface area contributed by atoms with Crippen molar-refractivity contribution in [2.45, 2.75) is 25.8 Å². The molecule has 0 radical (unpaired) electrons. The van der Waals surface area contributed by atoms with Crippen molar-refractivity contribution in [1.29, 1.82) is 0 Å². The summed E-state index contributed by atoms with van der Waals surface area (Å²) >= 11 is 0. The summed E-state index contributed by atoms with van der Waals surface area (Å²) in [7, 11) is 5.25. The van der Waals surface area contributed by atoms with Crippen LogP contribution in [0.3, 0.4) is 0 Å². The van der Waals surface area contributed by atoms with E-state index < -0.39 is 0 Å². The molecule has 0 rings (SSSR count). The molecule has 1 atom stereocenters. The van der Waals surface area contributed by atoms with Crippen molar-refractivity contribution in [3.8, 4) is 0 Å². The molecule has 0 spiro atoms. The highest BCUT2D eigenvalue weighted by Crippen LogP contribution is 1.92. The number of rotatable bonds is 7. The molecule has 0 saturated carbocycles. The topological polar surface area (TPSA) is 41.6 Å². The number of ether oxygens (including phenoxy) is 1. The van der Waals surface area contributed by atoms with Gasteiger partial charge in [-0.05, 0) is 19.9 Å². The fraction of sp³-hybridized carbons (Fsp3) is 0.900. The summed E-state index contributed by atoms with van der Waals surface area (Å²) in [5.74, 6) is 0.186. The van der Waals surface area contributed by atoms with Gasteiger partial charge < -0.3 is 15.0 Å². The van der Waals surface area contributed by atoms with Crippen molar-refractivity contribution in [2.24, 2.45) is 0 Å². The summed E-state index contributed by atoms with van der Waals surface area (Å²) in [5.41, 5.74) is 0. The molecule has 1 unspecified atom stereocenters. The van der Waals surface area contributed by atoms with Crippen LogP contribution in [0, 0.1) is 0 Å². The molecule has 4 heteroatoms.